The minimum atomic E-state index is -4.51. The van der Waals surface area contributed by atoms with Gasteiger partial charge in [-0.25, -0.2) is 12.7 Å². The van der Waals surface area contributed by atoms with Crippen LogP contribution in [0.25, 0.3) is 0 Å². The number of nitrogens with one attached hydrogen (secondary N) is 1. The Morgan fingerprint density at radius 2 is 2.10 bits per heavy atom. The Labute approximate surface area is 118 Å². The van der Waals surface area contributed by atoms with Gasteiger partial charge in [0, 0.05) is 19.1 Å². The topological polar surface area (TPSA) is 75.2 Å². The maximum absolute atomic E-state index is 12.4. The van der Waals surface area contributed by atoms with Gasteiger partial charge in [0.1, 0.15) is 0 Å². The van der Waals surface area contributed by atoms with Gasteiger partial charge in [0.05, 0.1) is 6.26 Å². The summed E-state index contributed by atoms with van der Waals surface area (Å²) in [4.78, 5) is 0. The number of halogens is 3. The third-order valence-corrected chi connectivity index (χ3v) is 5.02. The van der Waals surface area contributed by atoms with Crippen molar-refractivity contribution in [3.8, 4) is 0 Å². The van der Waals surface area contributed by atoms with Gasteiger partial charge in [-0.1, -0.05) is 11.3 Å². The number of rotatable bonds is 3. The summed E-state index contributed by atoms with van der Waals surface area (Å²) < 4.78 is 61.4. The summed E-state index contributed by atoms with van der Waals surface area (Å²) in [7, 11) is -3.29. The predicted molar refractivity (Wildman–Crippen MR) is 68.0 cm³/mol. The number of hydrogen-bond donors (Lipinski definition) is 1. The molecule has 114 valence electrons. The molecule has 0 radical (unpaired) electrons. The Kier molecular flexibility index (Phi) is 4.21. The van der Waals surface area contributed by atoms with Gasteiger partial charge in [-0.2, -0.15) is 13.2 Å². The van der Waals surface area contributed by atoms with Crippen LogP contribution in [0.3, 0.4) is 0 Å². The molecule has 0 aromatic carbocycles. The zero-order valence-electron chi connectivity index (χ0n) is 10.5. The minimum absolute atomic E-state index is 0.0534. The van der Waals surface area contributed by atoms with Gasteiger partial charge >= 0.3 is 6.18 Å². The molecule has 1 saturated heterocycles. The van der Waals surface area contributed by atoms with Gasteiger partial charge < -0.3 is 5.32 Å². The van der Waals surface area contributed by atoms with Crippen LogP contribution < -0.4 is 5.32 Å². The molecular weight excluding hydrogens is 317 g/mol. The number of sulfonamides is 1. The van der Waals surface area contributed by atoms with Crippen molar-refractivity contribution in [1.29, 1.82) is 0 Å². The average molecular weight is 330 g/mol. The molecule has 1 N–H and O–H groups in total. The summed E-state index contributed by atoms with van der Waals surface area (Å²) in [6.45, 7) is 0.653. The highest BCUT2D eigenvalue weighted by Crippen LogP contribution is 2.33. The Hall–Kier alpha value is -0.940. The molecule has 0 aliphatic carbocycles. The van der Waals surface area contributed by atoms with Crippen LogP contribution in [0, 0.1) is 0 Å². The first kappa shape index (κ1) is 15.4. The standard InChI is InChI=1S/C9H13F3N4O2S2/c1-20(17,18)16-4-2-3-6(5-16)13-8-15-14-7(19-8)9(10,11)12/h6H,2-5H2,1H3,(H,13,15). The predicted octanol–water partition coefficient (Wildman–Crippen LogP) is 1.39. The molecule has 1 aromatic rings. The van der Waals surface area contributed by atoms with Crippen molar-refractivity contribution in [3.63, 3.8) is 0 Å². The van der Waals surface area contributed by atoms with Gasteiger partial charge in [0.15, 0.2) is 0 Å². The van der Waals surface area contributed by atoms with E-state index in [0.29, 0.717) is 30.7 Å². The third kappa shape index (κ3) is 3.79. The van der Waals surface area contributed by atoms with Gasteiger partial charge in [-0.3, -0.25) is 0 Å². The van der Waals surface area contributed by atoms with E-state index < -0.39 is 21.2 Å². The smallest absolute Gasteiger partial charge is 0.356 e. The first-order chi connectivity index (χ1) is 9.16. The van der Waals surface area contributed by atoms with E-state index in [-0.39, 0.29) is 17.7 Å². The average Bonchev–Trinajstić information content (AvgIpc) is 2.76. The Morgan fingerprint density at radius 1 is 1.40 bits per heavy atom. The zero-order chi connectivity index (χ0) is 15.0. The highest BCUT2D eigenvalue weighted by Gasteiger charge is 2.36. The maximum atomic E-state index is 12.4. The Bertz CT molecular complexity index is 572. The van der Waals surface area contributed by atoms with Crippen LogP contribution in [0.2, 0.25) is 0 Å². The molecule has 6 nitrogen and oxygen atoms in total. The molecule has 0 spiro atoms. The summed E-state index contributed by atoms with van der Waals surface area (Å²) in [6, 6.07) is -0.257. The molecule has 0 amide bonds. The van der Waals surface area contributed by atoms with E-state index in [4.69, 9.17) is 0 Å². The van der Waals surface area contributed by atoms with E-state index in [1.165, 1.54) is 4.31 Å². The van der Waals surface area contributed by atoms with Crippen molar-refractivity contribution in [2.45, 2.75) is 25.1 Å². The molecule has 11 heteroatoms. The first-order valence-corrected chi connectivity index (χ1v) is 8.45. The lowest BCUT2D eigenvalue weighted by Crippen LogP contribution is -2.44. The minimum Gasteiger partial charge on any atom is -0.356 e. The van der Waals surface area contributed by atoms with Crippen LogP contribution in [0.15, 0.2) is 0 Å². The van der Waals surface area contributed by atoms with Crippen molar-refractivity contribution < 1.29 is 21.6 Å². The van der Waals surface area contributed by atoms with Crippen molar-refractivity contribution in [2.24, 2.45) is 0 Å². The highest BCUT2D eigenvalue weighted by molar-refractivity contribution is 7.88. The molecule has 1 unspecified atom stereocenters. The van der Waals surface area contributed by atoms with Gasteiger partial charge in [-0.05, 0) is 12.8 Å². The summed E-state index contributed by atoms with van der Waals surface area (Å²) >= 11 is 0.416. The fourth-order valence-electron chi connectivity index (χ4n) is 1.93. The van der Waals surface area contributed by atoms with E-state index in [2.05, 4.69) is 15.5 Å². The summed E-state index contributed by atoms with van der Waals surface area (Å²) in [5, 5.41) is 8.35. The third-order valence-electron chi connectivity index (χ3n) is 2.85. The lowest BCUT2D eigenvalue weighted by molar-refractivity contribution is -0.138. The largest absolute Gasteiger partial charge is 0.445 e. The van der Waals surface area contributed by atoms with Gasteiger partial charge in [0.2, 0.25) is 20.2 Å². The lowest BCUT2D eigenvalue weighted by Gasteiger charge is -2.31. The molecule has 0 saturated carbocycles. The number of alkyl halides is 3. The first-order valence-electron chi connectivity index (χ1n) is 5.78. The van der Waals surface area contributed by atoms with Crippen molar-refractivity contribution in [1.82, 2.24) is 14.5 Å². The molecule has 2 rings (SSSR count). The second-order valence-corrected chi connectivity index (χ2v) is 7.47. The Balaban J connectivity index is 2.01. The fraction of sp³-hybridized carbons (Fsp3) is 0.778. The number of hydrogen-bond acceptors (Lipinski definition) is 6. The van der Waals surface area contributed by atoms with E-state index >= 15 is 0 Å². The second-order valence-electron chi connectivity index (χ2n) is 4.51. The van der Waals surface area contributed by atoms with Crippen LogP contribution in [-0.2, 0) is 16.2 Å². The molecule has 1 aliphatic rings. The second kappa shape index (κ2) is 5.45. The van der Waals surface area contributed by atoms with E-state index in [9.17, 15) is 21.6 Å². The molecule has 1 fully saturated rings. The van der Waals surface area contributed by atoms with Gasteiger partial charge in [0.25, 0.3) is 0 Å². The monoisotopic (exact) mass is 330 g/mol. The number of nitrogens with zero attached hydrogens (tertiary/aromatic N) is 3. The van der Waals surface area contributed by atoms with Crippen molar-refractivity contribution in [2.75, 3.05) is 24.7 Å². The molecule has 2 heterocycles. The zero-order valence-corrected chi connectivity index (χ0v) is 12.1. The van der Waals surface area contributed by atoms with Crippen LogP contribution in [-0.4, -0.2) is 48.3 Å². The number of aromatic nitrogens is 2. The fourth-order valence-corrected chi connectivity index (χ4v) is 3.53. The number of piperidine rings is 1. The molecule has 20 heavy (non-hydrogen) atoms. The molecule has 0 bridgehead atoms. The van der Waals surface area contributed by atoms with Gasteiger partial charge in [-0.15, -0.1) is 10.2 Å². The van der Waals surface area contributed by atoms with Crippen molar-refractivity contribution in [3.05, 3.63) is 5.01 Å². The van der Waals surface area contributed by atoms with Crippen LogP contribution >= 0.6 is 11.3 Å². The lowest BCUT2D eigenvalue weighted by atomic mass is 10.1. The molecule has 1 aliphatic heterocycles. The Morgan fingerprint density at radius 3 is 2.65 bits per heavy atom. The van der Waals surface area contributed by atoms with Crippen LogP contribution in [0.4, 0.5) is 18.3 Å². The highest BCUT2D eigenvalue weighted by atomic mass is 32.2. The molecular formula is C9H13F3N4O2S2. The maximum Gasteiger partial charge on any atom is 0.445 e. The molecule has 1 atom stereocenters. The van der Waals surface area contributed by atoms with E-state index in [1.807, 2.05) is 0 Å². The summed E-state index contributed by atoms with van der Waals surface area (Å²) in [5.74, 6) is 0. The normalized spacial score (nSPS) is 21.9. The van der Waals surface area contributed by atoms with Crippen molar-refractivity contribution >= 4 is 26.5 Å². The SMILES string of the molecule is CS(=O)(=O)N1CCCC(Nc2nnc(C(F)(F)F)s2)C1. The number of anilines is 1. The van der Waals surface area contributed by atoms with Crippen LogP contribution in [0.1, 0.15) is 17.8 Å². The van der Waals surface area contributed by atoms with E-state index in [1.54, 1.807) is 0 Å². The quantitative estimate of drug-likeness (QED) is 0.906. The van der Waals surface area contributed by atoms with Crippen LogP contribution in [0.5, 0.6) is 0 Å². The molecule has 1 aromatic heterocycles. The summed E-state index contributed by atoms with van der Waals surface area (Å²) in [5.41, 5.74) is 0. The summed E-state index contributed by atoms with van der Waals surface area (Å²) in [6.07, 6.45) is -2.08. The van der Waals surface area contributed by atoms with E-state index in [0.717, 1.165) is 6.26 Å².